The van der Waals surface area contributed by atoms with E-state index in [9.17, 15) is 0 Å². The van der Waals surface area contributed by atoms with E-state index in [1.807, 2.05) is 6.07 Å². The average molecular weight is 267 g/mol. The molecule has 1 heterocycles. The van der Waals surface area contributed by atoms with E-state index < -0.39 is 0 Å². The lowest BCUT2D eigenvalue weighted by molar-refractivity contribution is 0.228. The fourth-order valence-electron chi connectivity index (χ4n) is 2.45. The molecular formula is C15H19ClO2. The molecule has 0 N–H and O–H groups in total. The van der Waals surface area contributed by atoms with Crippen LogP contribution in [0, 0.1) is 17.8 Å². The van der Waals surface area contributed by atoms with Gasteiger partial charge in [-0.3, -0.25) is 0 Å². The van der Waals surface area contributed by atoms with Gasteiger partial charge in [0.2, 0.25) is 0 Å². The standard InChI is InChI=1S/C15H19ClO2/c1-9-7-17-13-4-3-11(6-14(13)18-8-9)15(16)12-5-10(12)2/h3-4,6,9-10,12,15H,5,7-8H2,1-2H3. The lowest BCUT2D eigenvalue weighted by atomic mass is 10.1. The van der Waals surface area contributed by atoms with Crippen LogP contribution in [0.3, 0.4) is 0 Å². The Balaban J connectivity index is 1.82. The van der Waals surface area contributed by atoms with Crippen LogP contribution in [0.15, 0.2) is 18.2 Å². The van der Waals surface area contributed by atoms with E-state index in [-0.39, 0.29) is 5.38 Å². The molecule has 4 atom stereocenters. The molecule has 4 unspecified atom stereocenters. The summed E-state index contributed by atoms with van der Waals surface area (Å²) in [5.41, 5.74) is 1.16. The summed E-state index contributed by atoms with van der Waals surface area (Å²) in [6, 6.07) is 6.11. The van der Waals surface area contributed by atoms with Crippen LogP contribution in [-0.2, 0) is 0 Å². The second kappa shape index (κ2) is 4.65. The molecule has 0 aromatic heterocycles. The van der Waals surface area contributed by atoms with Crippen molar-refractivity contribution in [3.8, 4) is 11.5 Å². The SMILES string of the molecule is CC1COc2ccc(C(Cl)C3CC3C)cc2OC1. The van der Waals surface area contributed by atoms with E-state index in [4.69, 9.17) is 21.1 Å². The molecule has 0 radical (unpaired) electrons. The van der Waals surface area contributed by atoms with Crippen molar-refractivity contribution in [1.29, 1.82) is 0 Å². The first-order valence-corrected chi connectivity index (χ1v) is 7.12. The van der Waals surface area contributed by atoms with Crippen molar-refractivity contribution in [2.24, 2.45) is 17.8 Å². The van der Waals surface area contributed by atoms with Gasteiger partial charge in [0.15, 0.2) is 11.5 Å². The maximum atomic E-state index is 6.51. The van der Waals surface area contributed by atoms with Gasteiger partial charge in [-0.1, -0.05) is 19.9 Å². The van der Waals surface area contributed by atoms with Gasteiger partial charge in [-0.2, -0.15) is 0 Å². The summed E-state index contributed by atoms with van der Waals surface area (Å²) in [6.45, 7) is 5.81. The topological polar surface area (TPSA) is 18.5 Å². The molecule has 1 aromatic rings. The number of fused-ring (bicyclic) bond motifs is 1. The van der Waals surface area contributed by atoms with Crippen LogP contribution >= 0.6 is 11.6 Å². The Bertz CT molecular complexity index is 446. The predicted octanol–water partition coefficient (Wildman–Crippen LogP) is 4.03. The molecule has 0 saturated heterocycles. The zero-order valence-electron chi connectivity index (χ0n) is 10.9. The highest BCUT2D eigenvalue weighted by atomic mass is 35.5. The van der Waals surface area contributed by atoms with Crippen molar-refractivity contribution in [3.63, 3.8) is 0 Å². The van der Waals surface area contributed by atoms with Gasteiger partial charge in [0, 0.05) is 5.92 Å². The number of alkyl halides is 1. The highest BCUT2D eigenvalue weighted by Gasteiger charge is 2.39. The van der Waals surface area contributed by atoms with Crippen molar-refractivity contribution >= 4 is 11.6 Å². The van der Waals surface area contributed by atoms with E-state index in [2.05, 4.69) is 26.0 Å². The number of rotatable bonds is 2. The van der Waals surface area contributed by atoms with Crippen LogP contribution < -0.4 is 9.47 Å². The summed E-state index contributed by atoms with van der Waals surface area (Å²) in [5.74, 6) is 3.49. The van der Waals surface area contributed by atoms with Crippen molar-refractivity contribution in [1.82, 2.24) is 0 Å². The minimum Gasteiger partial charge on any atom is -0.489 e. The first-order valence-electron chi connectivity index (χ1n) is 6.68. The van der Waals surface area contributed by atoms with Gasteiger partial charge in [0.25, 0.3) is 0 Å². The summed E-state index contributed by atoms with van der Waals surface area (Å²) in [7, 11) is 0. The molecule has 1 aliphatic heterocycles. The molecule has 1 fully saturated rings. The minimum absolute atomic E-state index is 0.106. The Morgan fingerprint density at radius 2 is 1.83 bits per heavy atom. The third-order valence-electron chi connectivity index (χ3n) is 3.88. The molecule has 18 heavy (non-hydrogen) atoms. The van der Waals surface area contributed by atoms with Gasteiger partial charge in [0.05, 0.1) is 18.6 Å². The maximum absolute atomic E-state index is 6.51. The Morgan fingerprint density at radius 3 is 2.50 bits per heavy atom. The van der Waals surface area contributed by atoms with Crippen LogP contribution in [0.1, 0.15) is 31.2 Å². The third kappa shape index (κ3) is 2.31. The second-order valence-electron chi connectivity index (χ2n) is 5.71. The Hall–Kier alpha value is -0.890. The molecule has 0 amide bonds. The molecule has 98 valence electrons. The summed E-state index contributed by atoms with van der Waals surface area (Å²) in [5, 5.41) is 0.106. The zero-order chi connectivity index (χ0) is 12.7. The Labute approximate surface area is 113 Å². The van der Waals surface area contributed by atoms with Gasteiger partial charge >= 0.3 is 0 Å². The van der Waals surface area contributed by atoms with Crippen LogP contribution in [0.4, 0.5) is 0 Å². The lowest BCUT2D eigenvalue weighted by Crippen LogP contribution is -2.12. The van der Waals surface area contributed by atoms with Gasteiger partial charge in [-0.25, -0.2) is 0 Å². The molecule has 2 aliphatic rings. The number of benzene rings is 1. The second-order valence-corrected chi connectivity index (χ2v) is 6.18. The number of hydrogen-bond donors (Lipinski definition) is 0. The smallest absolute Gasteiger partial charge is 0.161 e. The van der Waals surface area contributed by atoms with Crippen molar-refractivity contribution in [2.45, 2.75) is 25.6 Å². The quantitative estimate of drug-likeness (QED) is 0.753. The van der Waals surface area contributed by atoms with Gasteiger partial charge < -0.3 is 9.47 Å². The van der Waals surface area contributed by atoms with Crippen LogP contribution in [0.2, 0.25) is 0 Å². The highest BCUT2D eigenvalue weighted by Crippen LogP contribution is 2.51. The highest BCUT2D eigenvalue weighted by molar-refractivity contribution is 6.21. The van der Waals surface area contributed by atoms with Crippen molar-refractivity contribution in [2.75, 3.05) is 13.2 Å². The first-order chi connectivity index (χ1) is 8.65. The normalized spacial score (nSPS) is 31.6. The van der Waals surface area contributed by atoms with Gasteiger partial charge in [-0.15, -0.1) is 11.6 Å². The van der Waals surface area contributed by atoms with Crippen LogP contribution in [0.25, 0.3) is 0 Å². The van der Waals surface area contributed by atoms with E-state index >= 15 is 0 Å². The van der Waals surface area contributed by atoms with E-state index in [1.54, 1.807) is 0 Å². The fraction of sp³-hybridized carbons (Fsp3) is 0.600. The molecule has 0 bridgehead atoms. The predicted molar refractivity (Wildman–Crippen MR) is 72.5 cm³/mol. The van der Waals surface area contributed by atoms with E-state index in [0.29, 0.717) is 18.4 Å². The largest absolute Gasteiger partial charge is 0.489 e. The summed E-state index contributed by atoms with van der Waals surface area (Å²) >= 11 is 6.51. The van der Waals surface area contributed by atoms with E-state index in [1.165, 1.54) is 6.42 Å². The molecule has 2 nitrogen and oxygen atoms in total. The number of halogens is 1. The van der Waals surface area contributed by atoms with Crippen molar-refractivity contribution < 1.29 is 9.47 Å². The Kier molecular flexibility index (Phi) is 3.14. The molecule has 0 spiro atoms. The summed E-state index contributed by atoms with van der Waals surface area (Å²) < 4.78 is 11.5. The monoisotopic (exact) mass is 266 g/mol. The van der Waals surface area contributed by atoms with Gasteiger partial charge in [0.1, 0.15) is 0 Å². The molecular weight excluding hydrogens is 248 g/mol. The fourth-order valence-corrected chi connectivity index (χ4v) is 2.93. The maximum Gasteiger partial charge on any atom is 0.161 e. The molecule has 1 saturated carbocycles. The van der Waals surface area contributed by atoms with E-state index in [0.717, 1.165) is 29.6 Å². The van der Waals surface area contributed by atoms with Crippen LogP contribution in [-0.4, -0.2) is 13.2 Å². The summed E-state index contributed by atoms with van der Waals surface area (Å²) in [6.07, 6.45) is 1.24. The van der Waals surface area contributed by atoms with Gasteiger partial charge in [-0.05, 0) is 36.0 Å². The average Bonchev–Trinajstić information content (AvgIpc) is 3.12. The lowest BCUT2D eigenvalue weighted by Gasteiger charge is -2.13. The van der Waals surface area contributed by atoms with Crippen molar-refractivity contribution in [3.05, 3.63) is 23.8 Å². The Morgan fingerprint density at radius 1 is 1.17 bits per heavy atom. The first kappa shape index (κ1) is 12.2. The minimum atomic E-state index is 0.106. The molecule has 1 aliphatic carbocycles. The van der Waals surface area contributed by atoms with Crippen LogP contribution in [0.5, 0.6) is 11.5 Å². The zero-order valence-corrected chi connectivity index (χ0v) is 11.6. The third-order valence-corrected chi connectivity index (χ3v) is 4.46. The summed E-state index contributed by atoms with van der Waals surface area (Å²) in [4.78, 5) is 0. The number of hydrogen-bond acceptors (Lipinski definition) is 2. The molecule has 3 rings (SSSR count). The molecule has 3 heteroatoms. The number of ether oxygens (including phenoxy) is 2. The molecule has 1 aromatic carbocycles.